The van der Waals surface area contributed by atoms with E-state index in [0.29, 0.717) is 60.1 Å². The first kappa shape index (κ1) is 20.7. The van der Waals surface area contributed by atoms with Crippen LogP contribution in [0.1, 0.15) is 26.5 Å². The molecule has 0 aliphatic carbocycles. The van der Waals surface area contributed by atoms with E-state index in [1.165, 1.54) is 0 Å². The third-order valence-electron chi connectivity index (χ3n) is 5.96. The monoisotopic (exact) mass is 444 g/mol. The van der Waals surface area contributed by atoms with Crippen LogP contribution in [0.25, 0.3) is 22.3 Å². The largest absolute Gasteiger partial charge is 0.496 e. The van der Waals surface area contributed by atoms with Crippen LogP contribution in [0.15, 0.2) is 48.7 Å². The third kappa shape index (κ3) is 3.71. The number of nitrogens with zero attached hydrogens (tertiary/aromatic N) is 4. The fourth-order valence-electron chi connectivity index (χ4n) is 4.25. The molecule has 2 aromatic heterocycles. The van der Waals surface area contributed by atoms with Gasteiger partial charge in [-0.2, -0.15) is 5.10 Å². The van der Waals surface area contributed by atoms with Crippen molar-refractivity contribution in [3.63, 3.8) is 0 Å². The van der Waals surface area contributed by atoms with Crippen molar-refractivity contribution in [2.45, 2.75) is 6.92 Å². The first-order valence-corrected chi connectivity index (χ1v) is 10.8. The normalized spacial score (nSPS) is 14.0. The number of nitrogens with one attached hydrogen (secondary N) is 2. The summed E-state index contributed by atoms with van der Waals surface area (Å²) in [6.45, 7) is 3.74. The highest BCUT2D eigenvalue weighted by atomic mass is 16.5. The van der Waals surface area contributed by atoms with Gasteiger partial charge >= 0.3 is 0 Å². The molecule has 1 fully saturated rings. The van der Waals surface area contributed by atoms with Crippen LogP contribution >= 0.6 is 0 Å². The number of methoxy groups -OCH3 is 1. The number of hydrogen-bond acceptors (Lipinski definition) is 5. The van der Waals surface area contributed by atoms with Gasteiger partial charge < -0.3 is 19.5 Å². The fraction of sp³-hybridized carbons (Fsp3) is 0.250. The molecule has 0 radical (unpaired) electrons. The van der Waals surface area contributed by atoms with Crippen LogP contribution in [0, 0.1) is 6.92 Å². The lowest BCUT2D eigenvalue weighted by Crippen LogP contribution is -2.50. The number of ether oxygens (including phenoxy) is 1. The molecule has 9 heteroatoms. The second-order valence-electron chi connectivity index (χ2n) is 7.96. The van der Waals surface area contributed by atoms with Gasteiger partial charge in [0.25, 0.3) is 11.8 Å². The second-order valence-corrected chi connectivity index (χ2v) is 7.96. The molecule has 1 aliphatic heterocycles. The van der Waals surface area contributed by atoms with Crippen molar-refractivity contribution in [1.82, 2.24) is 30.0 Å². The molecule has 33 heavy (non-hydrogen) atoms. The SMILES string of the molecule is COc1ccc(-c2n[nH]c(C)n2)c2[nH]cc(C(=O)N3CCN(C(=O)c4ccccc4)CC3)c12. The van der Waals surface area contributed by atoms with Gasteiger partial charge in [-0.25, -0.2) is 4.98 Å². The minimum absolute atomic E-state index is 0.0112. The molecule has 1 aliphatic rings. The Balaban J connectivity index is 1.40. The number of hydrogen-bond donors (Lipinski definition) is 2. The standard InChI is InChI=1S/C24H24N6O3/c1-15-26-22(28-27-15)17-8-9-19(33-2)20-18(14-25-21(17)20)24(32)30-12-10-29(11-13-30)23(31)16-6-4-3-5-7-16/h3-9,14,25H,10-13H2,1-2H3,(H,26,27,28). The maximum Gasteiger partial charge on any atom is 0.256 e. The Morgan fingerprint density at radius 1 is 0.970 bits per heavy atom. The van der Waals surface area contributed by atoms with Crippen LogP contribution in [0.5, 0.6) is 5.75 Å². The topological polar surface area (TPSA) is 107 Å². The fourth-order valence-corrected chi connectivity index (χ4v) is 4.25. The number of H-pyrrole nitrogens is 2. The zero-order valence-corrected chi connectivity index (χ0v) is 18.5. The highest BCUT2D eigenvalue weighted by molar-refractivity contribution is 6.12. The Morgan fingerprint density at radius 3 is 2.30 bits per heavy atom. The molecule has 2 aromatic carbocycles. The Hall–Kier alpha value is -4.14. The summed E-state index contributed by atoms with van der Waals surface area (Å²) in [6, 6.07) is 12.9. The van der Waals surface area contributed by atoms with Crippen molar-refractivity contribution in [3.8, 4) is 17.1 Å². The second kappa shape index (κ2) is 8.42. The van der Waals surface area contributed by atoms with E-state index in [1.54, 1.807) is 23.1 Å². The number of carbonyl (C=O) groups is 2. The van der Waals surface area contributed by atoms with Gasteiger partial charge in [-0.15, -0.1) is 0 Å². The first-order chi connectivity index (χ1) is 16.1. The Labute approximate surface area is 190 Å². The molecular weight excluding hydrogens is 420 g/mol. The number of amides is 2. The van der Waals surface area contributed by atoms with E-state index in [-0.39, 0.29) is 11.8 Å². The molecule has 0 unspecified atom stereocenters. The molecule has 0 bridgehead atoms. The van der Waals surface area contributed by atoms with Crippen LogP contribution in [0.3, 0.4) is 0 Å². The number of rotatable bonds is 4. The quantitative estimate of drug-likeness (QED) is 0.503. The predicted octanol–water partition coefficient (Wildman–Crippen LogP) is 2.87. The third-order valence-corrected chi connectivity index (χ3v) is 5.96. The number of fused-ring (bicyclic) bond motifs is 1. The van der Waals surface area contributed by atoms with Crippen LogP contribution in [-0.4, -0.2) is 75.1 Å². The van der Waals surface area contributed by atoms with Gasteiger partial charge in [0.1, 0.15) is 11.6 Å². The Bertz CT molecular complexity index is 1320. The number of benzene rings is 2. The van der Waals surface area contributed by atoms with E-state index in [9.17, 15) is 9.59 Å². The van der Waals surface area contributed by atoms with Crippen molar-refractivity contribution in [2.75, 3.05) is 33.3 Å². The molecular formula is C24H24N6O3. The zero-order chi connectivity index (χ0) is 22.9. The molecule has 2 N–H and O–H groups in total. The minimum Gasteiger partial charge on any atom is -0.496 e. The van der Waals surface area contributed by atoms with Gasteiger partial charge in [0, 0.05) is 43.5 Å². The van der Waals surface area contributed by atoms with E-state index in [1.807, 2.05) is 49.4 Å². The average molecular weight is 444 g/mol. The molecule has 4 aromatic rings. The summed E-state index contributed by atoms with van der Waals surface area (Å²) < 4.78 is 5.57. The summed E-state index contributed by atoms with van der Waals surface area (Å²) in [7, 11) is 1.58. The van der Waals surface area contributed by atoms with Crippen molar-refractivity contribution in [1.29, 1.82) is 0 Å². The molecule has 168 valence electrons. The van der Waals surface area contributed by atoms with Crippen molar-refractivity contribution >= 4 is 22.7 Å². The number of piperazine rings is 1. The summed E-state index contributed by atoms with van der Waals surface area (Å²) in [6.07, 6.45) is 1.71. The Kier molecular flexibility index (Phi) is 5.29. The lowest BCUT2D eigenvalue weighted by atomic mass is 10.1. The summed E-state index contributed by atoms with van der Waals surface area (Å²) >= 11 is 0. The first-order valence-electron chi connectivity index (χ1n) is 10.8. The van der Waals surface area contributed by atoms with Crippen LogP contribution < -0.4 is 4.74 Å². The van der Waals surface area contributed by atoms with Crippen molar-refractivity contribution in [2.24, 2.45) is 0 Å². The summed E-state index contributed by atoms with van der Waals surface area (Å²) in [5.41, 5.74) is 2.72. The van der Waals surface area contributed by atoms with E-state index < -0.39 is 0 Å². The lowest BCUT2D eigenvalue weighted by molar-refractivity contribution is 0.0536. The lowest BCUT2D eigenvalue weighted by Gasteiger charge is -2.34. The van der Waals surface area contributed by atoms with Gasteiger partial charge in [-0.1, -0.05) is 18.2 Å². The summed E-state index contributed by atoms with van der Waals surface area (Å²) in [5.74, 6) is 1.75. The van der Waals surface area contributed by atoms with E-state index in [4.69, 9.17) is 4.74 Å². The molecule has 0 spiro atoms. The van der Waals surface area contributed by atoms with Crippen molar-refractivity contribution in [3.05, 3.63) is 65.6 Å². The maximum atomic E-state index is 13.5. The maximum absolute atomic E-state index is 13.5. The highest BCUT2D eigenvalue weighted by Gasteiger charge is 2.28. The number of aromatic amines is 2. The van der Waals surface area contributed by atoms with Gasteiger partial charge in [-0.3, -0.25) is 14.7 Å². The van der Waals surface area contributed by atoms with E-state index in [0.717, 1.165) is 11.1 Å². The van der Waals surface area contributed by atoms with E-state index in [2.05, 4.69) is 20.2 Å². The van der Waals surface area contributed by atoms with Gasteiger partial charge in [0.05, 0.1) is 23.6 Å². The molecule has 1 saturated heterocycles. The smallest absolute Gasteiger partial charge is 0.256 e. The molecule has 0 saturated carbocycles. The van der Waals surface area contributed by atoms with Crippen LogP contribution in [0.4, 0.5) is 0 Å². The van der Waals surface area contributed by atoms with Crippen LogP contribution in [0.2, 0.25) is 0 Å². The minimum atomic E-state index is -0.102. The molecule has 0 atom stereocenters. The summed E-state index contributed by atoms with van der Waals surface area (Å²) in [5, 5.41) is 7.81. The number of aromatic nitrogens is 4. The summed E-state index contributed by atoms with van der Waals surface area (Å²) in [4.78, 5) is 37.4. The van der Waals surface area contributed by atoms with Gasteiger partial charge in [0.15, 0.2) is 5.82 Å². The Morgan fingerprint density at radius 2 is 1.67 bits per heavy atom. The predicted molar refractivity (Wildman–Crippen MR) is 123 cm³/mol. The van der Waals surface area contributed by atoms with Gasteiger partial charge in [0.2, 0.25) is 0 Å². The van der Waals surface area contributed by atoms with Gasteiger partial charge in [-0.05, 0) is 31.2 Å². The molecule has 5 rings (SSSR count). The van der Waals surface area contributed by atoms with Crippen LogP contribution in [-0.2, 0) is 0 Å². The number of aryl methyl sites for hydroxylation is 1. The van der Waals surface area contributed by atoms with Crippen molar-refractivity contribution < 1.29 is 14.3 Å². The highest BCUT2D eigenvalue weighted by Crippen LogP contribution is 2.35. The number of carbonyl (C=O) groups excluding carboxylic acids is 2. The molecule has 3 heterocycles. The zero-order valence-electron chi connectivity index (χ0n) is 18.5. The average Bonchev–Trinajstić information content (AvgIpc) is 3.50. The molecule has 2 amide bonds. The molecule has 9 nitrogen and oxygen atoms in total. The van der Waals surface area contributed by atoms with E-state index >= 15 is 0 Å².